The molecule has 0 saturated heterocycles. The van der Waals surface area contributed by atoms with Gasteiger partial charge in [0.1, 0.15) is 0 Å². The minimum Gasteiger partial charge on any atom is -0.465 e. The van der Waals surface area contributed by atoms with Gasteiger partial charge < -0.3 is 10.1 Å². The lowest BCUT2D eigenvalue weighted by molar-refractivity contribution is -0.118. The fourth-order valence-electron chi connectivity index (χ4n) is 3.33. The van der Waals surface area contributed by atoms with Crippen LogP contribution < -0.4 is 10.9 Å². The van der Waals surface area contributed by atoms with Crippen LogP contribution in [0.2, 0.25) is 5.02 Å². The molecular formula is C25H20ClN3O4S. The first kappa shape index (κ1) is 23.5. The average Bonchev–Trinajstić information content (AvgIpc) is 2.86. The Hall–Kier alpha value is -3.62. The van der Waals surface area contributed by atoms with Crippen molar-refractivity contribution in [2.45, 2.75) is 11.7 Å². The quantitative estimate of drug-likeness (QED) is 0.235. The van der Waals surface area contributed by atoms with Gasteiger partial charge in [-0.2, -0.15) is 0 Å². The minimum absolute atomic E-state index is 0.0337. The number of carbonyl (C=O) groups excluding carboxylic acids is 2. The van der Waals surface area contributed by atoms with E-state index in [9.17, 15) is 14.4 Å². The molecule has 4 aromatic rings. The number of carbonyl (C=O) groups is 2. The highest BCUT2D eigenvalue weighted by molar-refractivity contribution is 7.99. The van der Waals surface area contributed by atoms with Gasteiger partial charge in [0.25, 0.3) is 5.56 Å². The van der Waals surface area contributed by atoms with Gasteiger partial charge in [-0.3, -0.25) is 14.2 Å². The molecule has 7 nitrogen and oxygen atoms in total. The smallest absolute Gasteiger partial charge is 0.337 e. The lowest BCUT2D eigenvalue weighted by atomic mass is 10.1. The molecule has 0 radical (unpaired) electrons. The molecule has 1 aromatic heterocycles. The number of para-hydroxylation sites is 1. The lowest BCUT2D eigenvalue weighted by Gasteiger charge is -2.14. The number of aromatic nitrogens is 2. The number of methoxy groups -OCH3 is 1. The molecule has 172 valence electrons. The third-order valence-corrected chi connectivity index (χ3v) is 6.35. The minimum atomic E-state index is -0.524. The topological polar surface area (TPSA) is 90.3 Å². The fourth-order valence-corrected chi connectivity index (χ4v) is 4.37. The van der Waals surface area contributed by atoms with E-state index in [1.807, 2.05) is 36.4 Å². The number of nitrogens with zero attached hydrogens (tertiary/aromatic N) is 2. The molecule has 3 aromatic carbocycles. The summed E-state index contributed by atoms with van der Waals surface area (Å²) in [6.07, 6.45) is 0. The number of hydrogen-bond donors (Lipinski definition) is 1. The van der Waals surface area contributed by atoms with Crippen molar-refractivity contribution in [2.24, 2.45) is 0 Å². The number of nitrogens with one attached hydrogen (secondary N) is 1. The van der Waals surface area contributed by atoms with E-state index in [1.54, 1.807) is 24.3 Å². The van der Waals surface area contributed by atoms with Gasteiger partial charge in [0.15, 0.2) is 5.16 Å². The van der Waals surface area contributed by atoms with Crippen molar-refractivity contribution < 1.29 is 14.3 Å². The molecule has 0 aliphatic carbocycles. The van der Waals surface area contributed by atoms with Gasteiger partial charge in [-0.05, 0) is 42.0 Å². The lowest BCUT2D eigenvalue weighted by Crippen LogP contribution is -2.26. The second-order valence-corrected chi connectivity index (χ2v) is 8.60. The summed E-state index contributed by atoms with van der Waals surface area (Å²) in [7, 11) is 1.29. The first-order valence-electron chi connectivity index (χ1n) is 10.3. The molecule has 9 heteroatoms. The Morgan fingerprint density at radius 2 is 1.79 bits per heavy atom. The number of esters is 1. The SMILES string of the molecule is COC(=O)c1ccc2c(=O)n(-c3ccccc3)c(SCC(=O)NCc3ccccc3Cl)nc2c1. The monoisotopic (exact) mass is 493 g/mol. The van der Waals surface area contributed by atoms with Crippen molar-refractivity contribution in [1.29, 1.82) is 0 Å². The largest absolute Gasteiger partial charge is 0.465 e. The normalized spacial score (nSPS) is 10.8. The molecule has 1 heterocycles. The van der Waals surface area contributed by atoms with Crippen molar-refractivity contribution >= 4 is 46.1 Å². The fraction of sp³-hybridized carbons (Fsp3) is 0.120. The van der Waals surface area contributed by atoms with E-state index in [0.717, 1.165) is 17.3 Å². The highest BCUT2D eigenvalue weighted by Crippen LogP contribution is 2.22. The van der Waals surface area contributed by atoms with Gasteiger partial charge in [0.2, 0.25) is 5.91 Å². The van der Waals surface area contributed by atoms with Crippen molar-refractivity contribution in [3.8, 4) is 5.69 Å². The predicted octanol–water partition coefficient (Wildman–Crippen LogP) is 4.23. The molecule has 0 atom stereocenters. The van der Waals surface area contributed by atoms with Crippen LogP contribution >= 0.6 is 23.4 Å². The van der Waals surface area contributed by atoms with Gasteiger partial charge in [-0.1, -0.05) is 59.8 Å². The van der Waals surface area contributed by atoms with Crippen molar-refractivity contribution in [3.05, 3.63) is 99.3 Å². The van der Waals surface area contributed by atoms with Crippen LogP contribution in [-0.2, 0) is 16.1 Å². The molecule has 0 spiro atoms. The molecule has 34 heavy (non-hydrogen) atoms. The maximum absolute atomic E-state index is 13.4. The zero-order valence-corrected chi connectivity index (χ0v) is 19.7. The Bertz CT molecular complexity index is 1420. The van der Waals surface area contributed by atoms with E-state index >= 15 is 0 Å². The standard InChI is InChI=1S/C25H20ClN3O4S/c1-33-24(32)16-11-12-19-21(13-16)28-25(29(23(19)31)18-8-3-2-4-9-18)34-15-22(30)27-14-17-7-5-6-10-20(17)26/h2-13H,14-15H2,1H3,(H,27,30). The summed E-state index contributed by atoms with van der Waals surface area (Å²) in [5.74, 6) is -0.724. The molecule has 0 aliphatic rings. The summed E-state index contributed by atoms with van der Waals surface area (Å²) in [6.45, 7) is 0.290. The van der Waals surface area contributed by atoms with Gasteiger partial charge in [0.05, 0.1) is 35.0 Å². The van der Waals surface area contributed by atoms with Gasteiger partial charge in [0, 0.05) is 11.6 Å². The van der Waals surface area contributed by atoms with Crippen LogP contribution in [0.1, 0.15) is 15.9 Å². The second kappa shape index (κ2) is 10.5. The first-order valence-corrected chi connectivity index (χ1v) is 11.7. The number of ether oxygens (including phenoxy) is 1. The van der Waals surface area contributed by atoms with E-state index in [4.69, 9.17) is 16.3 Å². The van der Waals surface area contributed by atoms with Gasteiger partial charge in [-0.15, -0.1) is 0 Å². The van der Waals surface area contributed by atoms with Crippen LogP contribution in [0, 0.1) is 0 Å². The summed E-state index contributed by atoms with van der Waals surface area (Å²) < 4.78 is 6.24. The third-order valence-electron chi connectivity index (χ3n) is 5.04. The summed E-state index contributed by atoms with van der Waals surface area (Å²) in [4.78, 5) is 42.5. The second-order valence-electron chi connectivity index (χ2n) is 7.25. The molecule has 4 rings (SSSR count). The van der Waals surface area contributed by atoms with E-state index in [2.05, 4.69) is 10.3 Å². The summed E-state index contributed by atoms with van der Waals surface area (Å²) >= 11 is 7.28. The predicted molar refractivity (Wildman–Crippen MR) is 133 cm³/mol. The van der Waals surface area contributed by atoms with E-state index < -0.39 is 5.97 Å². The van der Waals surface area contributed by atoms with Crippen LogP contribution in [0.5, 0.6) is 0 Å². The van der Waals surface area contributed by atoms with Gasteiger partial charge >= 0.3 is 5.97 Å². The molecule has 1 amide bonds. The number of hydrogen-bond acceptors (Lipinski definition) is 6. The van der Waals surface area contributed by atoms with E-state index in [0.29, 0.717) is 26.8 Å². The van der Waals surface area contributed by atoms with Crippen LogP contribution in [-0.4, -0.2) is 34.3 Å². The Kier molecular flexibility index (Phi) is 7.30. The highest BCUT2D eigenvalue weighted by atomic mass is 35.5. The Labute approximate surface area is 204 Å². The van der Waals surface area contributed by atoms with Crippen LogP contribution in [0.3, 0.4) is 0 Å². The highest BCUT2D eigenvalue weighted by Gasteiger charge is 2.17. The van der Waals surface area contributed by atoms with Crippen molar-refractivity contribution in [1.82, 2.24) is 14.9 Å². The Balaban J connectivity index is 1.65. The van der Waals surface area contributed by atoms with Gasteiger partial charge in [-0.25, -0.2) is 9.78 Å². The summed E-state index contributed by atoms with van der Waals surface area (Å²) in [6, 6.07) is 20.9. The van der Waals surface area contributed by atoms with Crippen LogP contribution in [0.15, 0.2) is 82.7 Å². The molecule has 0 unspecified atom stereocenters. The maximum atomic E-state index is 13.4. The van der Waals surface area contributed by atoms with Crippen molar-refractivity contribution in [3.63, 3.8) is 0 Å². The number of fused-ring (bicyclic) bond motifs is 1. The number of benzene rings is 3. The third kappa shape index (κ3) is 5.13. The zero-order valence-electron chi connectivity index (χ0n) is 18.2. The number of rotatable bonds is 7. The number of thioether (sulfide) groups is 1. The molecule has 1 N–H and O–H groups in total. The zero-order chi connectivity index (χ0) is 24.1. The van der Waals surface area contributed by atoms with E-state index in [1.165, 1.54) is 23.8 Å². The molecular weight excluding hydrogens is 474 g/mol. The van der Waals surface area contributed by atoms with Crippen LogP contribution in [0.4, 0.5) is 0 Å². The summed E-state index contributed by atoms with van der Waals surface area (Å²) in [5.41, 5.74) is 1.76. The maximum Gasteiger partial charge on any atom is 0.337 e. The molecule has 0 saturated carbocycles. The van der Waals surface area contributed by atoms with Crippen LogP contribution in [0.25, 0.3) is 16.6 Å². The number of amides is 1. The summed E-state index contributed by atoms with van der Waals surface area (Å²) in [5, 5.41) is 4.09. The Morgan fingerprint density at radius 3 is 2.53 bits per heavy atom. The molecule has 0 bridgehead atoms. The average molecular weight is 494 g/mol. The molecule has 0 fully saturated rings. The Morgan fingerprint density at radius 1 is 1.06 bits per heavy atom. The van der Waals surface area contributed by atoms with E-state index in [-0.39, 0.29) is 29.3 Å². The first-order chi connectivity index (χ1) is 16.5. The number of halogens is 1. The molecule has 0 aliphatic heterocycles. The van der Waals surface area contributed by atoms with Crippen molar-refractivity contribution in [2.75, 3.05) is 12.9 Å².